The summed E-state index contributed by atoms with van der Waals surface area (Å²) in [5.41, 5.74) is 4.99. The summed E-state index contributed by atoms with van der Waals surface area (Å²) >= 11 is 0. The van der Waals surface area contributed by atoms with Crippen molar-refractivity contribution in [1.29, 1.82) is 0 Å². The highest BCUT2D eigenvalue weighted by Gasteiger charge is 2.20. The first-order valence-electron chi connectivity index (χ1n) is 6.50. The van der Waals surface area contributed by atoms with Crippen LogP contribution < -0.4 is 0 Å². The average molecular weight is 265 g/mol. The number of carbonyl (C=O) groups is 1. The van der Waals surface area contributed by atoms with Crippen LogP contribution >= 0.6 is 0 Å². The molecule has 100 valence electrons. The third-order valence-electron chi connectivity index (χ3n) is 3.67. The van der Waals surface area contributed by atoms with Gasteiger partial charge in [0.2, 0.25) is 0 Å². The van der Waals surface area contributed by atoms with Crippen LogP contribution in [0.25, 0.3) is 22.0 Å². The third kappa shape index (κ3) is 1.79. The number of H-pyrrole nitrogens is 1. The Bertz CT molecular complexity index is 815. The van der Waals surface area contributed by atoms with Gasteiger partial charge in [0.15, 0.2) is 0 Å². The summed E-state index contributed by atoms with van der Waals surface area (Å²) in [4.78, 5) is 14.6. The third-order valence-corrected chi connectivity index (χ3v) is 3.67. The Balaban J connectivity index is 2.45. The van der Waals surface area contributed by atoms with Gasteiger partial charge in [-0.3, -0.25) is 0 Å². The lowest BCUT2D eigenvalue weighted by Gasteiger charge is -2.06. The molecule has 0 spiro atoms. The van der Waals surface area contributed by atoms with E-state index in [1.54, 1.807) is 0 Å². The van der Waals surface area contributed by atoms with Crippen molar-refractivity contribution in [2.75, 3.05) is 0 Å². The van der Waals surface area contributed by atoms with Crippen molar-refractivity contribution in [2.24, 2.45) is 0 Å². The second-order valence-corrected chi connectivity index (χ2v) is 4.99. The van der Waals surface area contributed by atoms with Gasteiger partial charge >= 0.3 is 5.97 Å². The molecule has 3 nitrogen and oxygen atoms in total. The Hall–Kier alpha value is -2.55. The van der Waals surface area contributed by atoms with Gasteiger partial charge in [-0.05, 0) is 30.5 Å². The van der Waals surface area contributed by atoms with E-state index in [-0.39, 0.29) is 5.69 Å². The van der Waals surface area contributed by atoms with Gasteiger partial charge in [-0.25, -0.2) is 4.79 Å². The lowest BCUT2D eigenvalue weighted by molar-refractivity contribution is 0.0692. The number of nitrogens with one attached hydrogen (secondary N) is 1. The van der Waals surface area contributed by atoms with Crippen molar-refractivity contribution in [3.8, 4) is 11.1 Å². The van der Waals surface area contributed by atoms with Crippen LogP contribution in [0.1, 0.15) is 21.6 Å². The van der Waals surface area contributed by atoms with Gasteiger partial charge < -0.3 is 10.1 Å². The van der Waals surface area contributed by atoms with Crippen LogP contribution in [0.5, 0.6) is 0 Å². The highest BCUT2D eigenvalue weighted by molar-refractivity contribution is 6.08. The molecule has 0 amide bonds. The molecule has 0 saturated heterocycles. The van der Waals surface area contributed by atoms with Crippen LogP contribution in [0.15, 0.2) is 42.5 Å². The van der Waals surface area contributed by atoms with Gasteiger partial charge in [-0.15, -0.1) is 0 Å². The predicted octanol–water partition coefficient (Wildman–Crippen LogP) is 4.15. The monoisotopic (exact) mass is 265 g/mol. The maximum atomic E-state index is 11.6. The normalized spacial score (nSPS) is 10.9. The minimum absolute atomic E-state index is 0.253. The van der Waals surface area contributed by atoms with Crippen LogP contribution in [0, 0.1) is 13.8 Å². The lowest BCUT2D eigenvalue weighted by Crippen LogP contribution is -1.99. The molecule has 0 unspecified atom stereocenters. The Kier molecular flexibility index (Phi) is 2.83. The zero-order chi connectivity index (χ0) is 14.3. The number of aromatic carboxylic acids is 1. The highest BCUT2D eigenvalue weighted by atomic mass is 16.4. The van der Waals surface area contributed by atoms with Crippen LogP contribution in [-0.4, -0.2) is 16.1 Å². The number of para-hydroxylation sites is 1. The second-order valence-electron chi connectivity index (χ2n) is 4.99. The Morgan fingerprint density at radius 2 is 1.70 bits per heavy atom. The number of hydrogen-bond donors (Lipinski definition) is 2. The predicted molar refractivity (Wildman–Crippen MR) is 80.2 cm³/mol. The molecule has 0 aliphatic rings. The van der Waals surface area contributed by atoms with E-state index in [4.69, 9.17) is 0 Å². The van der Waals surface area contributed by atoms with Crippen LogP contribution in [0.3, 0.4) is 0 Å². The van der Waals surface area contributed by atoms with Crippen molar-refractivity contribution in [3.05, 3.63) is 59.3 Å². The fourth-order valence-electron chi connectivity index (χ4n) is 2.66. The summed E-state index contributed by atoms with van der Waals surface area (Å²) in [5.74, 6) is -0.932. The number of aryl methyl sites for hydroxylation is 2. The number of aromatic amines is 1. The van der Waals surface area contributed by atoms with E-state index in [0.717, 1.165) is 33.2 Å². The average Bonchev–Trinajstić information content (AvgIpc) is 2.80. The smallest absolute Gasteiger partial charge is 0.352 e. The lowest BCUT2D eigenvalue weighted by atomic mass is 9.97. The molecular weight excluding hydrogens is 250 g/mol. The van der Waals surface area contributed by atoms with Crippen LogP contribution in [-0.2, 0) is 0 Å². The number of aromatic nitrogens is 1. The van der Waals surface area contributed by atoms with E-state index in [2.05, 4.69) is 4.98 Å². The van der Waals surface area contributed by atoms with Gasteiger partial charge in [0, 0.05) is 16.5 Å². The molecule has 0 saturated carbocycles. The quantitative estimate of drug-likeness (QED) is 0.731. The molecule has 1 aromatic heterocycles. The van der Waals surface area contributed by atoms with Gasteiger partial charge in [-0.1, -0.05) is 42.5 Å². The summed E-state index contributed by atoms with van der Waals surface area (Å²) in [6.45, 7) is 3.97. The summed E-state index contributed by atoms with van der Waals surface area (Å²) in [7, 11) is 0. The largest absolute Gasteiger partial charge is 0.477 e. The van der Waals surface area contributed by atoms with Crippen LogP contribution in [0.4, 0.5) is 0 Å². The molecular formula is C17H15NO2. The maximum Gasteiger partial charge on any atom is 0.352 e. The summed E-state index contributed by atoms with van der Waals surface area (Å²) in [6, 6.07) is 13.8. The number of carboxylic acid groups (broad SMARTS) is 1. The number of fused-ring (bicyclic) bond motifs is 1. The van der Waals surface area contributed by atoms with E-state index >= 15 is 0 Å². The molecule has 2 N–H and O–H groups in total. The van der Waals surface area contributed by atoms with Crippen molar-refractivity contribution < 1.29 is 9.90 Å². The van der Waals surface area contributed by atoms with E-state index in [1.807, 2.05) is 56.3 Å². The second kappa shape index (κ2) is 4.53. The SMILES string of the molecule is Cc1ccccc1-c1c(C(=O)O)[nH]c2c(C)cccc12. The Morgan fingerprint density at radius 1 is 1.00 bits per heavy atom. The standard InChI is InChI=1S/C17H15NO2/c1-10-6-3-4-8-12(10)14-13-9-5-7-11(2)15(13)18-16(14)17(19)20/h3-9,18H,1-2H3,(H,19,20). The first kappa shape index (κ1) is 12.5. The minimum atomic E-state index is -0.932. The molecule has 1 heterocycles. The van der Waals surface area contributed by atoms with Gasteiger partial charge in [0.25, 0.3) is 0 Å². The van der Waals surface area contributed by atoms with Crippen molar-refractivity contribution >= 4 is 16.9 Å². The molecule has 0 fully saturated rings. The molecule has 0 atom stereocenters. The number of benzene rings is 2. The maximum absolute atomic E-state index is 11.6. The minimum Gasteiger partial charge on any atom is -0.477 e. The van der Waals surface area contributed by atoms with Gasteiger partial charge in [0.05, 0.1) is 0 Å². The van der Waals surface area contributed by atoms with Gasteiger partial charge in [0.1, 0.15) is 5.69 Å². The molecule has 2 aromatic carbocycles. The molecule has 3 heteroatoms. The van der Waals surface area contributed by atoms with Crippen molar-refractivity contribution in [1.82, 2.24) is 4.98 Å². The molecule has 0 bridgehead atoms. The Labute approximate surface area is 116 Å². The number of carboxylic acids is 1. The van der Waals surface area contributed by atoms with Gasteiger partial charge in [-0.2, -0.15) is 0 Å². The summed E-state index contributed by atoms with van der Waals surface area (Å²) < 4.78 is 0. The molecule has 0 aliphatic heterocycles. The highest BCUT2D eigenvalue weighted by Crippen LogP contribution is 2.35. The first-order chi connectivity index (χ1) is 9.59. The topological polar surface area (TPSA) is 53.1 Å². The van der Waals surface area contributed by atoms with Crippen LogP contribution in [0.2, 0.25) is 0 Å². The molecule has 3 rings (SSSR count). The Morgan fingerprint density at radius 3 is 2.40 bits per heavy atom. The molecule has 3 aromatic rings. The fourth-order valence-corrected chi connectivity index (χ4v) is 2.66. The van der Waals surface area contributed by atoms with E-state index in [0.29, 0.717) is 0 Å². The zero-order valence-corrected chi connectivity index (χ0v) is 11.4. The van der Waals surface area contributed by atoms with E-state index in [1.165, 1.54) is 0 Å². The number of rotatable bonds is 2. The first-order valence-corrected chi connectivity index (χ1v) is 6.50. The fraction of sp³-hybridized carbons (Fsp3) is 0.118. The van der Waals surface area contributed by atoms with Crippen molar-refractivity contribution in [2.45, 2.75) is 13.8 Å². The summed E-state index contributed by atoms with van der Waals surface area (Å²) in [5, 5.41) is 10.4. The molecule has 0 aliphatic carbocycles. The molecule has 20 heavy (non-hydrogen) atoms. The van der Waals surface area contributed by atoms with E-state index in [9.17, 15) is 9.90 Å². The number of hydrogen-bond acceptors (Lipinski definition) is 1. The zero-order valence-electron chi connectivity index (χ0n) is 11.4. The van der Waals surface area contributed by atoms with E-state index < -0.39 is 5.97 Å². The summed E-state index contributed by atoms with van der Waals surface area (Å²) in [6.07, 6.45) is 0. The molecule has 0 radical (unpaired) electrons. The van der Waals surface area contributed by atoms with Crippen molar-refractivity contribution in [3.63, 3.8) is 0 Å².